The number of fused-ring (bicyclic) bond motifs is 1. The van der Waals surface area contributed by atoms with E-state index in [1.807, 2.05) is 31.2 Å². The molecule has 6 heteroatoms. The molecule has 1 atom stereocenters. The average Bonchev–Trinajstić information content (AvgIpc) is 3.29. The van der Waals surface area contributed by atoms with E-state index >= 15 is 0 Å². The molecule has 2 aromatic rings. The molecule has 0 N–H and O–H groups in total. The van der Waals surface area contributed by atoms with Crippen molar-refractivity contribution in [2.75, 3.05) is 18.0 Å². The van der Waals surface area contributed by atoms with E-state index in [2.05, 4.69) is 0 Å². The van der Waals surface area contributed by atoms with Crippen LogP contribution >= 0.6 is 0 Å². The Balaban J connectivity index is 1.60. The fraction of sp³-hybridized carbons (Fsp3) is 0.350. The molecule has 0 aromatic heterocycles. The SMILES string of the molecule is C[C@@H]1Cc2ccccc2N1C(=O)c1ccc(S(=O)(=O)N2CCCC2)cc1. The molecule has 0 radical (unpaired) electrons. The number of para-hydroxylation sites is 1. The van der Waals surface area contributed by atoms with Gasteiger partial charge in [-0.1, -0.05) is 18.2 Å². The summed E-state index contributed by atoms with van der Waals surface area (Å²) in [6, 6.07) is 14.4. The van der Waals surface area contributed by atoms with Crippen LogP contribution in [0, 0.1) is 0 Å². The van der Waals surface area contributed by atoms with Crippen molar-refractivity contribution in [3.8, 4) is 0 Å². The molecule has 1 fully saturated rings. The van der Waals surface area contributed by atoms with Gasteiger partial charge in [0.1, 0.15) is 0 Å². The Morgan fingerprint density at radius 3 is 2.35 bits per heavy atom. The van der Waals surface area contributed by atoms with Gasteiger partial charge in [0.2, 0.25) is 10.0 Å². The second-order valence-corrected chi connectivity index (χ2v) is 8.93. The smallest absolute Gasteiger partial charge is 0.258 e. The average molecular weight is 370 g/mol. The van der Waals surface area contributed by atoms with Crippen LogP contribution in [0.1, 0.15) is 35.7 Å². The van der Waals surface area contributed by atoms with Crippen LogP contribution < -0.4 is 4.90 Å². The van der Waals surface area contributed by atoms with Crippen LogP contribution in [0.15, 0.2) is 53.4 Å². The molecule has 5 nitrogen and oxygen atoms in total. The molecule has 2 aromatic carbocycles. The van der Waals surface area contributed by atoms with E-state index in [9.17, 15) is 13.2 Å². The van der Waals surface area contributed by atoms with Gasteiger partial charge in [-0.25, -0.2) is 8.42 Å². The second kappa shape index (κ2) is 6.52. The molecule has 0 bridgehead atoms. The molecule has 0 saturated carbocycles. The van der Waals surface area contributed by atoms with Crippen LogP contribution in [-0.2, 0) is 16.4 Å². The summed E-state index contributed by atoms with van der Waals surface area (Å²) in [6.07, 6.45) is 2.65. The summed E-state index contributed by atoms with van der Waals surface area (Å²) in [4.78, 5) is 15.1. The highest BCUT2D eigenvalue weighted by Crippen LogP contribution is 2.33. The van der Waals surface area contributed by atoms with E-state index in [-0.39, 0.29) is 16.8 Å². The number of rotatable bonds is 3. The molecule has 136 valence electrons. The summed E-state index contributed by atoms with van der Waals surface area (Å²) in [5.74, 6) is -0.0902. The Morgan fingerprint density at radius 2 is 1.65 bits per heavy atom. The number of sulfonamides is 1. The van der Waals surface area contributed by atoms with Gasteiger partial charge in [0.05, 0.1) is 4.90 Å². The maximum Gasteiger partial charge on any atom is 0.258 e. The zero-order valence-corrected chi connectivity index (χ0v) is 15.6. The van der Waals surface area contributed by atoms with Crippen LogP contribution in [0.3, 0.4) is 0 Å². The van der Waals surface area contributed by atoms with Gasteiger partial charge in [0, 0.05) is 30.4 Å². The first-order valence-electron chi connectivity index (χ1n) is 9.00. The molecule has 0 spiro atoms. The number of hydrogen-bond acceptors (Lipinski definition) is 3. The number of hydrogen-bond donors (Lipinski definition) is 0. The summed E-state index contributed by atoms with van der Waals surface area (Å²) in [5.41, 5.74) is 2.62. The fourth-order valence-electron chi connectivity index (χ4n) is 3.86. The van der Waals surface area contributed by atoms with Crippen molar-refractivity contribution in [2.45, 2.75) is 37.1 Å². The molecule has 4 rings (SSSR count). The summed E-state index contributed by atoms with van der Waals surface area (Å²) in [5, 5.41) is 0. The predicted octanol–water partition coefficient (Wildman–Crippen LogP) is 3.06. The molecule has 0 unspecified atom stereocenters. The molecule has 2 aliphatic rings. The lowest BCUT2D eigenvalue weighted by Crippen LogP contribution is -2.35. The molecular weight excluding hydrogens is 348 g/mol. The van der Waals surface area contributed by atoms with Crippen molar-refractivity contribution >= 4 is 21.6 Å². The van der Waals surface area contributed by atoms with Gasteiger partial charge in [-0.05, 0) is 62.1 Å². The quantitative estimate of drug-likeness (QED) is 0.834. The van der Waals surface area contributed by atoms with Gasteiger partial charge in [-0.15, -0.1) is 0 Å². The van der Waals surface area contributed by atoms with Crippen LogP contribution in [0.5, 0.6) is 0 Å². The Bertz CT molecular complexity index is 932. The van der Waals surface area contributed by atoms with Crippen LogP contribution in [-0.4, -0.2) is 37.8 Å². The highest BCUT2D eigenvalue weighted by atomic mass is 32.2. The first kappa shape index (κ1) is 17.2. The summed E-state index contributed by atoms with van der Waals surface area (Å²) >= 11 is 0. The van der Waals surface area contributed by atoms with Crippen molar-refractivity contribution in [3.05, 3.63) is 59.7 Å². The zero-order valence-electron chi connectivity index (χ0n) is 14.8. The van der Waals surface area contributed by atoms with Gasteiger partial charge < -0.3 is 4.90 Å². The van der Waals surface area contributed by atoms with Crippen LogP contribution in [0.4, 0.5) is 5.69 Å². The number of anilines is 1. The number of carbonyl (C=O) groups is 1. The molecule has 1 amide bonds. The maximum atomic E-state index is 13.0. The number of nitrogens with zero attached hydrogens (tertiary/aromatic N) is 2. The normalized spacial score (nSPS) is 20.3. The van der Waals surface area contributed by atoms with Crippen molar-refractivity contribution in [1.29, 1.82) is 0 Å². The maximum absolute atomic E-state index is 13.0. The molecule has 26 heavy (non-hydrogen) atoms. The van der Waals surface area contributed by atoms with Gasteiger partial charge in [-0.2, -0.15) is 4.31 Å². The number of amides is 1. The van der Waals surface area contributed by atoms with Gasteiger partial charge in [-0.3, -0.25) is 4.79 Å². The number of benzene rings is 2. The first-order valence-corrected chi connectivity index (χ1v) is 10.4. The molecular formula is C20H22N2O3S. The summed E-state index contributed by atoms with van der Waals surface area (Å²) < 4.78 is 26.8. The molecule has 0 aliphatic carbocycles. The van der Waals surface area contributed by atoms with Gasteiger partial charge in [0.15, 0.2) is 0 Å². The standard InChI is InChI=1S/C20H22N2O3S/c1-15-14-17-6-2-3-7-19(17)22(15)20(23)16-8-10-18(11-9-16)26(24,25)21-12-4-5-13-21/h2-3,6-11,15H,4-5,12-14H2,1H3/t15-/m1/s1. The molecule has 1 saturated heterocycles. The Kier molecular flexibility index (Phi) is 4.32. The summed E-state index contributed by atoms with van der Waals surface area (Å²) in [7, 11) is -3.45. The van der Waals surface area contributed by atoms with E-state index < -0.39 is 10.0 Å². The third-order valence-electron chi connectivity index (χ3n) is 5.23. The molecule has 2 aliphatic heterocycles. The zero-order chi connectivity index (χ0) is 18.3. The van der Waals surface area contributed by atoms with Crippen molar-refractivity contribution in [3.63, 3.8) is 0 Å². The third kappa shape index (κ3) is 2.83. The lowest BCUT2D eigenvalue weighted by molar-refractivity contribution is 0.0981. The minimum atomic E-state index is -3.45. The van der Waals surface area contributed by atoms with E-state index in [4.69, 9.17) is 0 Å². The summed E-state index contributed by atoms with van der Waals surface area (Å²) in [6.45, 7) is 3.18. The minimum Gasteiger partial charge on any atom is -0.305 e. The fourth-order valence-corrected chi connectivity index (χ4v) is 5.38. The van der Waals surface area contributed by atoms with Crippen molar-refractivity contribution < 1.29 is 13.2 Å². The monoisotopic (exact) mass is 370 g/mol. The highest BCUT2D eigenvalue weighted by Gasteiger charge is 2.32. The van der Waals surface area contributed by atoms with E-state index in [0.29, 0.717) is 18.7 Å². The Hall–Kier alpha value is -2.18. The second-order valence-electron chi connectivity index (χ2n) is 6.99. The van der Waals surface area contributed by atoms with Gasteiger partial charge >= 0.3 is 0 Å². The Labute approximate surface area is 154 Å². The van der Waals surface area contributed by atoms with Crippen LogP contribution in [0.25, 0.3) is 0 Å². The number of carbonyl (C=O) groups excluding carboxylic acids is 1. The highest BCUT2D eigenvalue weighted by molar-refractivity contribution is 7.89. The van der Waals surface area contributed by atoms with Crippen molar-refractivity contribution in [1.82, 2.24) is 4.31 Å². The first-order chi connectivity index (χ1) is 12.5. The lowest BCUT2D eigenvalue weighted by atomic mass is 10.1. The predicted molar refractivity (Wildman–Crippen MR) is 101 cm³/mol. The molecule has 2 heterocycles. The Morgan fingerprint density at radius 1 is 1.00 bits per heavy atom. The topological polar surface area (TPSA) is 57.7 Å². The van der Waals surface area contributed by atoms with Crippen LogP contribution in [0.2, 0.25) is 0 Å². The van der Waals surface area contributed by atoms with Crippen molar-refractivity contribution in [2.24, 2.45) is 0 Å². The minimum absolute atomic E-state index is 0.0902. The third-order valence-corrected chi connectivity index (χ3v) is 7.14. The van der Waals surface area contributed by atoms with Gasteiger partial charge in [0.25, 0.3) is 5.91 Å². The largest absolute Gasteiger partial charge is 0.305 e. The van der Waals surface area contributed by atoms with E-state index in [1.165, 1.54) is 9.87 Å². The van der Waals surface area contributed by atoms with E-state index in [0.717, 1.165) is 24.9 Å². The lowest BCUT2D eigenvalue weighted by Gasteiger charge is -2.23. The van der Waals surface area contributed by atoms with E-state index in [1.54, 1.807) is 29.2 Å².